The van der Waals surface area contributed by atoms with Crippen LogP contribution >= 0.6 is 0 Å². The maximum atomic E-state index is 8.42. The maximum Gasteiger partial charge on any atom is 0.0625 e. The SMILES string of the molecule is CC(C)CN(C=CCCC#N)CC(C)C. The highest BCUT2D eigenvalue weighted by molar-refractivity contribution is 4.86. The third-order valence-electron chi connectivity index (χ3n) is 1.94. The summed E-state index contributed by atoms with van der Waals surface area (Å²) in [5.41, 5.74) is 0. The van der Waals surface area contributed by atoms with Crippen LogP contribution in [0.15, 0.2) is 12.3 Å². The predicted octanol–water partition coefficient (Wildman–Crippen LogP) is 3.42. The highest BCUT2D eigenvalue weighted by Crippen LogP contribution is 2.05. The number of nitriles is 1. The van der Waals surface area contributed by atoms with E-state index in [4.69, 9.17) is 5.26 Å². The molecule has 0 aromatic heterocycles. The molecular weight excluding hydrogens is 184 g/mol. The van der Waals surface area contributed by atoms with Crippen LogP contribution in [0, 0.1) is 23.2 Å². The van der Waals surface area contributed by atoms with Crippen LogP contribution in [-0.4, -0.2) is 18.0 Å². The lowest BCUT2D eigenvalue weighted by atomic mass is 10.1. The topological polar surface area (TPSA) is 27.0 Å². The molecule has 0 radical (unpaired) electrons. The van der Waals surface area contributed by atoms with Gasteiger partial charge in [-0.1, -0.05) is 33.8 Å². The van der Waals surface area contributed by atoms with Gasteiger partial charge < -0.3 is 4.90 Å². The minimum atomic E-state index is 0.619. The van der Waals surface area contributed by atoms with E-state index in [-0.39, 0.29) is 0 Å². The number of nitrogens with zero attached hydrogens (tertiary/aromatic N) is 2. The molecule has 0 atom stereocenters. The molecule has 2 nitrogen and oxygen atoms in total. The van der Waals surface area contributed by atoms with Crippen molar-refractivity contribution in [2.45, 2.75) is 40.5 Å². The molecule has 0 saturated heterocycles. The zero-order valence-electron chi connectivity index (χ0n) is 10.5. The molecule has 0 saturated carbocycles. The number of hydrogen-bond acceptors (Lipinski definition) is 2. The van der Waals surface area contributed by atoms with Crippen molar-refractivity contribution in [2.75, 3.05) is 13.1 Å². The minimum absolute atomic E-state index is 0.619. The molecule has 0 spiro atoms. The van der Waals surface area contributed by atoms with Crippen molar-refractivity contribution in [1.29, 1.82) is 5.26 Å². The van der Waals surface area contributed by atoms with Crippen molar-refractivity contribution in [1.82, 2.24) is 4.90 Å². The Morgan fingerprint density at radius 2 is 1.67 bits per heavy atom. The lowest BCUT2D eigenvalue weighted by molar-refractivity contribution is 0.296. The molecule has 0 unspecified atom stereocenters. The van der Waals surface area contributed by atoms with Crippen LogP contribution in [-0.2, 0) is 0 Å². The van der Waals surface area contributed by atoms with Gasteiger partial charge >= 0.3 is 0 Å². The lowest BCUT2D eigenvalue weighted by Gasteiger charge is -2.24. The van der Waals surface area contributed by atoms with Crippen LogP contribution in [0.1, 0.15) is 40.5 Å². The van der Waals surface area contributed by atoms with Gasteiger partial charge in [0.1, 0.15) is 0 Å². The van der Waals surface area contributed by atoms with Crippen LogP contribution in [0.2, 0.25) is 0 Å². The molecule has 0 aliphatic heterocycles. The first-order valence-corrected chi connectivity index (χ1v) is 5.84. The molecular formula is C13H24N2. The third kappa shape index (κ3) is 9.34. The smallest absolute Gasteiger partial charge is 0.0625 e. The molecule has 0 rings (SSSR count). The van der Waals surface area contributed by atoms with E-state index < -0.39 is 0 Å². The number of allylic oxidation sites excluding steroid dienone is 1. The molecule has 0 amide bonds. The van der Waals surface area contributed by atoms with Gasteiger partial charge in [0.25, 0.3) is 0 Å². The second-order valence-corrected chi connectivity index (χ2v) is 4.82. The predicted molar refractivity (Wildman–Crippen MR) is 65.2 cm³/mol. The van der Waals surface area contributed by atoms with Gasteiger partial charge in [0.05, 0.1) is 6.07 Å². The Hall–Kier alpha value is -0.970. The zero-order valence-corrected chi connectivity index (χ0v) is 10.5. The third-order valence-corrected chi connectivity index (χ3v) is 1.94. The van der Waals surface area contributed by atoms with Crippen molar-refractivity contribution in [3.63, 3.8) is 0 Å². The fourth-order valence-electron chi connectivity index (χ4n) is 1.51. The van der Waals surface area contributed by atoms with Crippen molar-refractivity contribution >= 4 is 0 Å². The van der Waals surface area contributed by atoms with Crippen LogP contribution < -0.4 is 0 Å². The molecule has 0 bridgehead atoms. The summed E-state index contributed by atoms with van der Waals surface area (Å²) in [5.74, 6) is 1.37. The second kappa shape index (κ2) is 8.35. The van der Waals surface area contributed by atoms with Gasteiger partial charge in [-0.15, -0.1) is 0 Å². The maximum absolute atomic E-state index is 8.42. The highest BCUT2D eigenvalue weighted by atomic mass is 15.1. The first-order chi connectivity index (χ1) is 7.06. The highest BCUT2D eigenvalue weighted by Gasteiger charge is 2.04. The molecule has 15 heavy (non-hydrogen) atoms. The van der Waals surface area contributed by atoms with Gasteiger partial charge in [-0.3, -0.25) is 0 Å². The van der Waals surface area contributed by atoms with Crippen molar-refractivity contribution < 1.29 is 0 Å². The van der Waals surface area contributed by atoms with E-state index in [2.05, 4.69) is 50.9 Å². The molecule has 0 aromatic carbocycles. The number of rotatable bonds is 7. The van der Waals surface area contributed by atoms with Crippen LogP contribution in [0.3, 0.4) is 0 Å². The molecule has 0 fully saturated rings. The number of hydrogen-bond donors (Lipinski definition) is 0. The van der Waals surface area contributed by atoms with Gasteiger partial charge in [-0.05, 0) is 24.5 Å². The van der Waals surface area contributed by atoms with Crippen molar-refractivity contribution in [3.05, 3.63) is 12.3 Å². The Kier molecular flexibility index (Phi) is 7.81. The second-order valence-electron chi connectivity index (χ2n) is 4.82. The summed E-state index contributed by atoms with van der Waals surface area (Å²) in [4.78, 5) is 2.35. The summed E-state index contributed by atoms with van der Waals surface area (Å²) in [7, 11) is 0. The molecule has 0 aliphatic carbocycles. The monoisotopic (exact) mass is 208 g/mol. The Morgan fingerprint density at radius 1 is 1.13 bits per heavy atom. The molecule has 86 valence electrons. The Bertz CT molecular complexity index is 201. The van der Waals surface area contributed by atoms with Gasteiger partial charge in [0.15, 0.2) is 0 Å². The van der Waals surface area contributed by atoms with Gasteiger partial charge in [0, 0.05) is 19.5 Å². The van der Waals surface area contributed by atoms with Gasteiger partial charge in [-0.25, -0.2) is 0 Å². The van der Waals surface area contributed by atoms with Crippen LogP contribution in [0.25, 0.3) is 0 Å². The van der Waals surface area contributed by atoms with Gasteiger partial charge in [-0.2, -0.15) is 5.26 Å². The molecule has 0 aliphatic rings. The van der Waals surface area contributed by atoms with Gasteiger partial charge in [0.2, 0.25) is 0 Å². The quantitative estimate of drug-likeness (QED) is 0.599. The minimum Gasteiger partial charge on any atom is -0.377 e. The van der Waals surface area contributed by atoms with E-state index >= 15 is 0 Å². The summed E-state index contributed by atoms with van der Waals surface area (Å²) in [6, 6.07) is 2.15. The van der Waals surface area contributed by atoms with E-state index in [1.165, 1.54) is 0 Å². The average molecular weight is 208 g/mol. The lowest BCUT2D eigenvalue weighted by Crippen LogP contribution is -2.26. The van der Waals surface area contributed by atoms with E-state index in [0.717, 1.165) is 19.5 Å². The van der Waals surface area contributed by atoms with E-state index in [0.29, 0.717) is 18.3 Å². The van der Waals surface area contributed by atoms with E-state index in [1.807, 2.05) is 0 Å². The average Bonchev–Trinajstić information content (AvgIpc) is 2.10. The fourth-order valence-corrected chi connectivity index (χ4v) is 1.51. The Morgan fingerprint density at radius 3 is 2.07 bits per heavy atom. The molecule has 0 heterocycles. The zero-order chi connectivity index (χ0) is 11.7. The standard InChI is InChI=1S/C13H24N2/c1-12(2)10-15(11-13(3)4)9-7-5-6-8-14/h7,9,12-13H,5-6,10-11H2,1-4H3. The van der Waals surface area contributed by atoms with E-state index in [1.54, 1.807) is 0 Å². The molecule has 2 heteroatoms. The summed E-state index contributed by atoms with van der Waals surface area (Å²) in [6.07, 6.45) is 5.74. The Labute approximate surface area is 94.6 Å². The first kappa shape index (κ1) is 14.0. The van der Waals surface area contributed by atoms with Crippen LogP contribution in [0.4, 0.5) is 0 Å². The fraction of sp³-hybridized carbons (Fsp3) is 0.769. The summed E-state index contributed by atoms with van der Waals surface area (Å²) >= 11 is 0. The summed E-state index contributed by atoms with van der Waals surface area (Å²) < 4.78 is 0. The van der Waals surface area contributed by atoms with Crippen LogP contribution in [0.5, 0.6) is 0 Å². The Balaban J connectivity index is 4.00. The molecule has 0 aromatic rings. The molecule has 0 N–H and O–H groups in total. The summed E-state index contributed by atoms with van der Waals surface area (Å²) in [5, 5.41) is 8.42. The largest absolute Gasteiger partial charge is 0.377 e. The van der Waals surface area contributed by atoms with Crippen molar-refractivity contribution in [2.24, 2.45) is 11.8 Å². The van der Waals surface area contributed by atoms with E-state index in [9.17, 15) is 0 Å². The number of unbranched alkanes of at least 4 members (excludes halogenated alkanes) is 1. The first-order valence-electron chi connectivity index (χ1n) is 5.84. The summed E-state index contributed by atoms with van der Waals surface area (Å²) in [6.45, 7) is 11.1. The normalized spacial score (nSPS) is 11.3. The van der Waals surface area contributed by atoms with Crippen molar-refractivity contribution in [3.8, 4) is 6.07 Å².